The Labute approximate surface area is 128 Å². The summed E-state index contributed by atoms with van der Waals surface area (Å²) in [5, 5.41) is 0.968. The molecule has 21 heavy (non-hydrogen) atoms. The summed E-state index contributed by atoms with van der Waals surface area (Å²) in [5.41, 5.74) is 2.25. The third-order valence-electron chi connectivity index (χ3n) is 3.59. The van der Waals surface area contributed by atoms with Gasteiger partial charge < -0.3 is 14.5 Å². The molecule has 0 spiro atoms. The molecule has 112 valence electrons. The summed E-state index contributed by atoms with van der Waals surface area (Å²) >= 11 is 1.67. The molecule has 2 heterocycles. The maximum Gasteiger partial charge on any atom is 0.253 e. The Hall–Kier alpha value is -1.66. The summed E-state index contributed by atoms with van der Waals surface area (Å²) in [6.45, 7) is 3.98. The van der Waals surface area contributed by atoms with Crippen LogP contribution in [-0.4, -0.2) is 55.7 Å². The van der Waals surface area contributed by atoms with Crippen LogP contribution in [0.15, 0.2) is 18.2 Å². The number of thiazole rings is 1. The number of likely N-dealkylation sites (N-methyl/N-ethyl adjacent to an activating group) is 1. The Morgan fingerprint density at radius 1 is 1.48 bits per heavy atom. The van der Waals surface area contributed by atoms with Crippen molar-refractivity contribution in [2.75, 3.05) is 38.7 Å². The lowest BCUT2D eigenvalue weighted by Gasteiger charge is -2.33. The summed E-state index contributed by atoms with van der Waals surface area (Å²) in [6.07, 6.45) is -0.400. The number of morpholine rings is 1. The molecule has 2 aromatic rings. The van der Waals surface area contributed by atoms with E-state index in [2.05, 4.69) is 28.9 Å². The molecule has 1 fully saturated rings. The maximum absolute atomic E-state index is 12.0. The summed E-state index contributed by atoms with van der Waals surface area (Å²) in [5.74, 6) is 0.0108. The van der Waals surface area contributed by atoms with Crippen LogP contribution >= 0.6 is 11.3 Å². The monoisotopic (exact) mass is 305 g/mol. The number of hydrogen-bond acceptors (Lipinski definition) is 5. The number of nitrogens with zero attached hydrogens (tertiary/aromatic N) is 3. The average Bonchev–Trinajstić information content (AvgIpc) is 2.89. The zero-order chi connectivity index (χ0) is 15.0. The SMILES string of the molecule is Cc1ccc2nc(N3CCOC(C(=O)N(C)C)C3)sc2c1. The highest BCUT2D eigenvalue weighted by atomic mass is 32.1. The fourth-order valence-corrected chi connectivity index (χ4v) is 3.51. The molecule has 0 aliphatic carbocycles. The summed E-state index contributed by atoms with van der Waals surface area (Å²) in [7, 11) is 3.51. The zero-order valence-electron chi connectivity index (χ0n) is 12.5. The van der Waals surface area contributed by atoms with Crippen LogP contribution in [0.3, 0.4) is 0 Å². The van der Waals surface area contributed by atoms with Crippen LogP contribution in [-0.2, 0) is 9.53 Å². The number of anilines is 1. The second-order valence-electron chi connectivity index (χ2n) is 5.51. The number of amides is 1. The van der Waals surface area contributed by atoms with Crippen molar-refractivity contribution in [2.24, 2.45) is 0 Å². The number of fused-ring (bicyclic) bond motifs is 1. The minimum atomic E-state index is -0.400. The lowest BCUT2D eigenvalue weighted by molar-refractivity contribution is -0.141. The van der Waals surface area contributed by atoms with Gasteiger partial charge in [-0.15, -0.1) is 0 Å². The normalized spacial score (nSPS) is 19.0. The molecule has 6 heteroatoms. The molecule has 1 aliphatic heterocycles. The van der Waals surface area contributed by atoms with Gasteiger partial charge in [-0.05, 0) is 24.6 Å². The molecule has 1 saturated heterocycles. The van der Waals surface area contributed by atoms with Gasteiger partial charge in [-0.25, -0.2) is 4.98 Å². The first-order valence-corrected chi connectivity index (χ1v) is 7.81. The lowest BCUT2D eigenvalue weighted by atomic mass is 10.2. The highest BCUT2D eigenvalue weighted by Gasteiger charge is 2.29. The first-order chi connectivity index (χ1) is 10.0. The van der Waals surface area contributed by atoms with Crippen molar-refractivity contribution < 1.29 is 9.53 Å². The standard InChI is InChI=1S/C15H19N3O2S/c1-10-4-5-11-13(8-10)21-15(16-11)18-6-7-20-12(9-18)14(19)17(2)3/h4-5,8,12H,6-7,9H2,1-3H3. The number of benzene rings is 1. The van der Waals surface area contributed by atoms with Crippen LogP contribution in [0.25, 0.3) is 10.2 Å². The van der Waals surface area contributed by atoms with E-state index in [0.29, 0.717) is 13.2 Å². The van der Waals surface area contributed by atoms with E-state index in [1.807, 2.05) is 6.07 Å². The summed E-state index contributed by atoms with van der Waals surface area (Å²) < 4.78 is 6.78. The first kappa shape index (κ1) is 14.3. The third-order valence-corrected chi connectivity index (χ3v) is 4.66. The molecule has 5 nitrogen and oxygen atoms in total. The van der Waals surface area contributed by atoms with E-state index in [9.17, 15) is 4.79 Å². The largest absolute Gasteiger partial charge is 0.365 e. The predicted molar refractivity (Wildman–Crippen MR) is 85.0 cm³/mol. The fraction of sp³-hybridized carbons (Fsp3) is 0.467. The number of aromatic nitrogens is 1. The number of ether oxygens (including phenoxy) is 1. The minimum absolute atomic E-state index is 0.0108. The number of carbonyl (C=O) groups is 1. The van der Waals surface area contributed by atoms with Gasteiger partial charge in [0.25, 0.3) is 5.91 Å². The third kappa shape index (κ3) is 2.87. The Balaban J connectivity index is 1.83. The predicted octanol–water partition coefficient (Wildman–Crippen LogP) is 1.90. The highest BCUT2D eigenvalue weighted by Crippen LogP contribution is 2.30. The Kier molecular flexibility index (Phi) is 3.82. The van der Waals surface area contributed by atoms with Crippen LogP contribution in [0.5, 0.6) is 0 Å². The van der Waals surface area contributed by atoms with Crippen LogP contribution in [0.2, 0.25) is 0 Å². The maximum atomic E-state index is 12.0. The molecule has 1 atom stereocenters. The van der Waals surface area contributed by atoms with Gasteiger partial charge >= 0.3 is 0 Å². The van der Waals surface area contributed by atoms with Gasteiger partial charge in [-0.2, -0.15) is 0 Å². The molecule has 0 bridgehead atoms. The highest BCUT2D eigenvalue weighted by molar-refractivity contribution is 7.22. The van der Waals surface area contributed by atoms with E-state index in [0.717, 1.165) is 17.2 Å². The van der Waals surface area contributed by atoms with Gasteiger partial charge in [0.1, 0.15) is 0 Å². The number of aryl methyl sites for hydroxylation is 1. The minimum Gasteiger partial charge on any atom is -0.365 e. The molecule has 3 rings (SSSR count). The zero-order valence-corrected chi connectivity index (χ0v) is 13.3. The van der Waals surface area contributed by atoms with Crippen molar-refractivity contribution in [1.29, 1.82) is 0 Å². The van der Waals surface area contributed by atoms with Crippen molar-refractivity contribution >= 4 is 32.6 Å². The molecule has 0 N–H and O–H groups in total. The van der Waals surface area contributed by atoms with Gasteiger partial charge in [-0.1, -0.05) is 17.4 Å². The van der Waals surface area contributed by atoms with Gasteiger partial charge in [0.15, 0.2) is 11.2 Å². The van der Waals surface area contributed by atoms with Crippen molar-refractivity contribution in [3.8, 4) is 0 Å². The van der Waals surface area contributed by atoms with Crippen LogP contribution in [0, 0.1) is 6.92 Å². The average molecular weight is 305 g/mol. The molecular formula is C15H19N3O2S. The molecule has 1 aliphatic rings. The molecule has 1 aromatic carbocycles. The van der Waals surface area contributed by atoms with Crippen LogP contribution in [0.4, 0.5) is 5.13 Å². The van der Waals surface area contributed by atoms with E-state index < -0.39 is 6.10 Å². The van der Waals surface area contributed by atoms with Crippen molar-refractivity contribution in [2.45, 2.75) is 13.0 Å². The quantitative estimate of drug-likeness (QED) is 0.850. The van der Waals surface area contributed by atoms with Gasteiger partial charge in [0.2, 0.25) is 0 Å². The number of hydrogen-bond donors (Lipinski definition) is 0. The molecule has 0 saturated carbocycles. The van der Waals surface area contributed by atoms with Crippen LogP contribution in [0.1, 0.15) is 5.56 Å². The number of rotatable bonds is 2. The van der Waals surface area contributed by atoms with Crippen molar-refractivity contribution in [1.82, 2.24) is 9.88 Å². The summed E-state index contributed by atoms with van der Waals surface area (Å²) in [6, 6.07) is 6.27. The van der Waals surface area contributed by atoms with Crippen molar-refractivity contribution in [3.05, 3.63) is 23.8 Å². The second kappa shape index (κ2) is 5.61. The van der Waals surface area contributed by atoms with Gasteiger partial charge in [0.05, 0.1) is 23.4 Å². The Morgan fingerprint density at radius 2 is 2.29 bits per heavy atom. The molecule has 1 amide bonds. The van der Waals surface area contributed by atoms with E-state index in [1.54, 1.807) is 30.3 Å². The van der Waals surface area contributed by atoms with E-state index >= 15 is 0 Å². The Bertz CT molecular complexity index is 668. The fourth-order valence-electron chi connectivity index (χ4n) is 2.42. The molecular weight excluding hydrogens is 286 g/mol. The number of carbonyl (C=O) groups excluding carboxylic acids is 1. The van der Waals surface area contributed by atoms with Gasteiger partial charge in [-0.3, -0.25) is 4.79 Å². The molecule has 0 radical (unpaired) electrons. The molecule has 1 aromatic heterocycles. The second-order valence-corrected chi connectivity index (χ2v) is 6.51. The van der Waals surface area contributed by atoms with E-state index in [4.69, 9.17) is 4.74 Å². The van der Waals surface area contributed by atoms with Crippen LogP contribution < -0.4 is 4.90 Å². The Morgan fingerprint density at radius 3 is 3.05 bits per heavy atom. The lowest BCUT2D eigenvalue weighted by Crippen LogP contribution is -2.49. The van der Waals surface area contributed by atoms with Crippen molar-refractivity contribution in [3.63, 3.8) is 0 Å². The van der Waals surface area contributed by atoms with Gasteiger partial charge in [0, 0.05) is 20.6 Å². The van der Waals surface area contributed by atoms with E-state index in [-0.39, 0.29) is 5.91 Å². The first-order valence-electron chi connectivity index (χ1n) is 6.99. The summed E-state index contributed by atoms with van der Waals surface area (Å²) in [4.78, 5) is 20.5. The topological polar surface area (TPSA) is 45.7 Å². The smallest absolute Gasteiger partial charge is 0.253 e. The van der Waals surface area contributed by atoms with E-state index in [1.165, 1.54) is 10.3 Å². The molecule has 1 unspecified atom stereocenters.